The normalized spacial score (nSPS) is 21.0. The minimum absolute atomic E-state index is 0.231. The average molecular weight is 404 g/mol. The zero-order valence-electron chi connectivity index (χ0n) is 15.7. The molecule has 0 bridgehead atoms. The smallest absolute Gasteiger partial charge is 0.416 e. The van der Waals surface area contributed by atoms with Gasteiger partial charge >= 0.3 is 6.18 Å². The molecule has 9 heteroatoms. The lowest BCUT2D eigenvalue weighted by Gasteiger charge is -2.22. The molecule has 1 atom stereocenters. The van der Waals surface area contributed by atoms with E-state index < -0.39 is 17.5 Å². The molecule has 1 saturated carbocycles. The van der Waals surface area contributed by atoms with E-state index in [1.807, 2.05) is 10.9 Å². The number of phenolic OH excluding ortho intramolecular Hbond substituents is 1. The van der Waals surface area contributed by atoms with Crippen LogP contribution in [-0.4, -0.2) is 38.1 Å². The maximum Gasteiger partial charge on any atom is 0.416 e. The molecule has 1 aliphatic heterocycles. The van der Waals surface area contributed by atoms with Crippen LogP contribution in [0.2, 0.25) is 0 Å². The van der Waals surface area contributed by atoms with Crippen molar-refractivity contribution in [2.24, 2.45) is 5.41 Å². The number of phenols is 1. The van der Waals surface area contributed by atoms with Gasteiger partial charge in [-0.3, -0.25) is 4.68 Å². The maximum absolute atomic E-state index is 13.0. The lowest BCUT2D eigenvalue weighted by Crippen LogP contribution is -2.19. The number of alkyl halides is 3. The van der Waals surface area contributed by atoms with Crippen molar-refractivity contribution in [1.82, 2.24) is 19.7 Å². The summed E-state index contributed by atoms with van der Waals surface area (Å²) in [6.07, 6.45) is 1.87. The highest BCUT2D eigenvalue weighted by atomic mass is 19.4. The molecule has 152 valence electrons. The Balaban J connectivity index is 1.50. The van der Waals surface area contributed by atoms with Gasteiger partial charge in [-0.05, 0) is 49.3 Å². The summed E-state index contributed by atoms with van der Waals surface area (Å²) in [6.45, 7) is 3.04. The first-order valence-corrected chi connectivity index (χ1v) is 9.48. The second-order valence-corrected chi connectivity index (χ2v) is 7.95. The molecule has 5 rings (SSSR count). The zero-order chi connectivity index (χ0) is 20.4. The Morgan fingerprint density at radius 3 is 2.69 bits per heavy atom. The van der Waals surface area contributed by atoms with Crippen molar-refractivity contribution in [2.75, 3.05) is 13.2 Å². The number of benzene rings is 1. The van der Waals surface area contributed by atoms with Crippen molar-refractivity contribution in [2.45, 2.75) is 38.4 Å². The van der Waals surface area contributed by atoms with E-state index in [4.69, 9.17) is 4.74 Å². The molecule has 1 spiro atoms. The van der Waals surface area contributed by atoms with Crippen LogP contribution in [0.1, 0.15) is 36.4 Å². The number of aryl methyl sites for hydroxylation is 1. The largest absolute Gasteiger partial charge is 0.507 e. The van der Waals surface area contributed by atoms with E-state index in [0.717, 1.165) is 38.5 Å². The summed E-state index contributed by atoms with van der Waals surface area (Å²) < 4.78 is 46.3. The van der Waals surface area contributed by atoms with Gasteiger partial charge in [0.05, 0.1) is 29.7 Å². The van der Waals surface area contributed by atoms with Crippen molar-refractivity contribution >= 4 is 11.2 Å². The fraction of sp³-hybridized carbons (Fsp3) is 0.450. The molecule has 1 saturated heterocycles. The van der Waals surface area contributed by atoms with E-state index in [1.54, 1.807) is 0 Å². The van der Waals surface area contributed by atoms with Gasteiger partial charge in [-0.15, -0.1) is 0 Å². The second kappa shape index (κ2) is 6.16. The lowest BCUT2D eigenvalue weighted by molar-refractivity contribution is -0.137. The maximum atomic E-state index is 13.0. The van der Waals surface area contributed by atoms with Crippen LogP contribution in [0.15, 0.2) is 24.5 Å². The van der Waals surface area contributed by atoms with Gasteiger partial charge in [0.1, 0.15) is 11.3 Å². The number of fused-ring (bicyclic) bond motifs is 1. The van der Waals surface area contributed by atoms with E-state index >= 15 is 0 Å². The summed E-state index contributed by atoms with van der Waals surface area (Å²) in [5, 5.41) is 14.8. The summed E-state index contributed by atoms with van der Waals surface area (Å²) in [7, 11) is 0. The number of ether oxygens (including phenoxy) is 1. The van der Waals surface area contributed by atoms with Gasteiger partial charge in [0.15, 0.2) is 5.65 Å². The molecule has 3 heterocycles. The number of hydrogen-bond donors (Lipinski definition) is 1. The first-order chi connectivity index (χ1) is 13.8. The molecule has 6 nitrogen and oxygen atoms in total. The third-order valence-electron chi connectivity index (χ3n) is 6.10. The van der Waals surface area contributed by atoms with Crippen LogP contribution in [0.3, 0.4) is 0 Å². The van der Waals surface area contributed by atoms with E-state index in [0.29, 0.717) is 29.0 Å². The molecule has 2 aliphatic rings. The number of rotatable bonds is 2. The first-order valence-electron chi connectivity index (χ1n) is 9.48. The predicted octanol–water partition coefficient (Wildman–Crippen LogP) is 4.27. The highest BCUT2D eigenvalue weighted by Crippen LogP contribution is 2.62. The highest BCUT2D eigenvalue weighted by Gasteiger charge is 2.56. The monoisotopic (exact) mass is 404 g/mol. The number of halogens is 3. The third-order valence-corrected chi connectivity index (χ3v) is 6.10. The fourth-order valence-electron chi connectivity index (χ4n) is 4.38. The Morgan fingerprint density at radius 1 is 1.24 bits per heavy atom. The van der Waals surface area contributed by atoms with Crippen LogP contribution < -0.4 is 0 Å². The molecule has 3 aromatic rings. The van der Waals surface area contributed by atoms with Gasteiger partial charge in [-0.2, -0.15) is 18.3 Å². The molecule has 0 unspecified atom stereocenters. The summed E-state index contributed by atoms with van der Waals surface area (Å²) >= 11 is 0. The standard InChI is InChI=1S/C20H19F3N4O2/c1-11-6-12(20(21,22)23)7-15(28)17(11)13-9-24-14-10-27(26-18(14)25-13)16-8-19(16)2-4-29-5-3-19/h6-7,9-10,16,28H,2-5,8H2,1H3/t16-/m0/s1. The number of hydrogen-bond acceptors (Lipinski definition) is 5. The Morgan fingerprint density at radius 2 is 2.00 bits per heavy atom. The lowest BCUT2D eigenvalue weighted by atomic mass is 9.96. The van der Waals surface area contributed by atoms with Gasteiger partial charge in [-0.25, -0.2) is 9.97 Å². The number of nitrogens with zero attached hydrogens (tertiary/aromatic N) is 4. The van der Waals surface area contributed by atoms with E-state index in [1.165, 1.54) is 13.1 Å². The van der Waals surface area contributed by atoms with Crippen LogP contribution in [0.4, 0.5) is 13.2 Å². The van der Waals surface area contributed by atoms with E-state index in [2.05, 4.69) is 15.1 Å². The second-order valence-electron chi connectivity index (χ2n) is 7.95. The van der Waals surface area contributed by atoms with Crippen LogP contribution in [0, 0.1) is 12.3 Å². The molecule has 1 aliphatic carbocycles. The van der Waals surface area contributed by atoms with E-state index in [9.17, 15) is 18.3 Å². The Bertz CT molecular complexity index is 1080. The summed E-state index contributed by atoms with van der Waals surface area (Å²) in [5.74, 6) is -0.478. The van der Waals surface area contributed by atoms with Crippen LogP contribution in [0.5, 0.6) is 5.75 Å². The molecular weight excluding hydrogens is 385 g/mol. The van der Waals surface area contributed by atoms with Crippen LogP contribution in [0.25, 0.3) is 22.4 Å². The molecule has 2 aromatic heterocycles. The minimum atomic E-state index is -4.53. The zero-order valence-corrected chi connectivity index (χ0v) is 15.7. The predicted molar refractivity (Wildman–Crippen MR) is 98.3 cm³/mol. The van der Waals surface area contributed by atoms with Crippen molar-refractivity contribution in [3.63, 3.8) is 0 Å². The summed E-state index contributed by atoms with van der Waals surface area (Å²) in [5.41, 5.74) is 1.17. The molecular formula is C20H19F3N4O2. The fourth-order valence-corrected chi connectivity index (χ4v) is 4.38. The quantitative estimate of drug-likeness (QED) is 0.691. The van der Waals surface area contributed by atoms with Crippen molar-refractivity contribution in [1.29, 1.82) is 0 Å². The molecule has 1 N–H and O–H groups in total. The Hall–Kier alpha value is -2.68. The van der Waals surface area contributed by atoms with Gasteiger partial charge in [0.25, 0.3) is 0 Å². The van der Waals surface area contributed by atoms with Gasteiger partial charge in [0, 0.05) is 18.8 Å². The summed E-state index contributed by atoms with van der Waals surface area (Å²) in [6, 6.07) is 2.01. The van der Waals surface area contributed by atoms with Gasteiger partial charge in [-0.1, -0.05) is 0 Å². The molecule has 0 amide bonds. The molecule has 29 heavy (non-hydrogen) atoms. The first kappa shape index (κ1) is 18.4. The Kier molecular flexibility index (Phi) is 3.90. The highest BCUT2D eigenvalue weighted by molar-refractivity contribution is 5.77. The molecule has 0 radical (unpaired) electrons. The summed E-state index contributed by atoms with van der Waals surface area (Å²) in [4.78, 5) is 8.83. The number of aromatic hydroxyl groups is 1. The minimum Gasteiger partial charge on any atom is -0.507 e. The van der Waals surface area contributed by atoms with Crippen molar-refractivity contribution in [3.05, 3.63) is 35.7 Å². The third kappa shape index (κ3) is 3.04. The SMILES string of the molecule is Cc1cc(C(F)(F)F)cc(O)c1-c1cnc2cn([C@H]3CC34CCOCC4)nc2n1. The van der Waals surface area contributed by atoms with Crippen molar-refractivity contribution < 1.29 is 23.0 Å². The average Bonchev–Trinajstić information content (AvgIpc) is 3.17. The Labute approximate surface area is 164 Å². The van der Waals surface area contributed by atoms with E-state index in [-0.39, 0.29) is 16.5 Å². The number of aromatic nitrogens is 4. The molecule has 1 aromatic carbocycles. The van der Waals surface area contributed by atoms with Gasteiger partial charge in [0.2, 0.25) is 0 Å². The molecule has 2 fully saturated rings. The van der Waals surface area contributed by atoms with Gasteiger partial charge < -0.3 is 9.84 Å². The van der Waals surface area contributed by atoms with Crippen LogP contribution in [-0.2, 0) is 10.9 Å². The van der Waals surface area contributed by atoms with Crippen molar-refractivity contribution in [3.8, 4) is 17.0 Å². The van der Waals surface area contributed by atoms with Crippen LogP contribution >= 0.6 is 0 Å². The topological polar surface area (TPSA) is 73.1 Å².